The standard InChI is InChI=1S/C13H12BrNOS2/c14-10-1-2-12(11(7-10)13(15)17)16-5-3-9-4-6-18-8-9/h1-2,4,6-8H,3,5H2,(H2,15,17). The number of hydrogen-bond acceptors (Lipinski definition) is 3. The van der Waals surface area contributed by atoms with E-state index in [0.29, 0.717) is 11.6 Å². The van der Waals surface area contributed by atoms with Gasteiger partial charge in [-0.2, -0.15) is 11.3 Å². The Labute approximate surface area is 124 Å². The molecule has 1 aromatic carbocycles. The first-order valence-corrected chi connectivity index (χ1v) is 7.54. The number of thiocarbonyl (C=S) groups is 1. The maximum atomic E-state index is 5.74. The lowest BCUT2D eigenvalue weighted by molar-refractivity contribution is 0.321. The molecule has 0 bridgehead atoms. The molecule has 2 rings (SSSR count). The number of benzene rings is 1. The second-order valence-corrected chi connectivity index (χ2v) is 5.87. The van der Waals surface area contributed by atoms with Crippen molar-refractivity contribution < 1.29 is 4.74 Å². The molecule has 0 spiro atoms. The lowest BCUT2D eigenvalue weighted by Crippen LogP contribution is -2.12. The second-order valence-electron chi connectivity index (χ2n) is 3.73. The van der Waals surface area contributed by atoms with Crippen molar-refractivity contribution in [2.24, 2.45) is 5.73 Å². The minimum absolute atomic E-state index is 0.349. The average Bonchev–Trinajstić information content (AvgIpc) is 2.84. The van der Waals surface area contributed by atoms with E-state index in [1.807, 2.05) is 18.2 Å². The van der Waals surface area contributed by atoms with Crippen LogP contribution in [-0.4, -0.2) is 11.6 Å². The highest BCUT2D eigenvalue weighted by molar-refractivity contribution is 9.10. The SMILES string of the molecule is NC(=S)c1cc(Br)ccc1OCCc1ccsc1. The largest absolute Gasteiger partial charge is 0.493 e. The van der Waals surface area contributed by atoms with Crippen LogP contribution in [0.2, 0.25) is 0 Å². The third kappa shape index (κ3) is 3.54. The Morgan fingerprint density at radius 3 is 2.89 bits per heavy atom. The fraction of sp³-hybridized carbons (Fsp3) is 0.154. The summed E-state index contributed by atoms with van der Waals surface area (Å²) in [7, 11) is 0. The van der Waals surface area contributed by atoms with Gasteiger partial charge in [0.25, 0.3) is 0 Å². The number of nitrogens with two attached hydrogens (primary N) is 1. The molecule has 0 amide bonds. The molecule has 0 unspecified atom stereocenters. The monoisotopic (exact) mass is 341 g/mol. The van der Waals surface area contributed by atoms with E-state index in [0.717, 1.165) is 22.2 Å². The van der Waals surface area contributed by atoms with Gasteiger partial charge in [0.05, 0.1) is 12.2 Å². The number of thiophene rings is 1. The van der Waals surface area contributed by atoms with Gasteiger partial charge in [-0.25, -0.2) is 0 Å². The van der Waals surface area contributed by atoms with E-state index in [9.17, 15) is 0 Å². The summed E-state index contributed by atoms with van der Waals surface area (Å²) in [5.74, 6) is 0.737. The van der Waals surface area contributed by atoms with Crippen LogP contribution >= 0.6 is 39.5 Å². The zero-order valence-electron chi connectivity index (χ0n) is 9.56. The normalized spacial score (nSPS) is 10.3. The van der Waals surface area contributed by atoms with Crippen molar-refractivity contribution in [2.75, 3.05) is 6.61 Å². The van der Waals surface area contributed by atoms with Crippen LogP contribution in [0, 0.1) is 0 Å². The number of halogens is 1. The summed E-state index contributed by atoms with van der Waals surface area (Å²) in [6.07, 6.45) is 0.885. The highest BCUT2D eigenvalue weighted by Crippen LogP contribution is 2.23. The van der Waals surface area contributed by atoms with Crippen LogP contribution < -0.4 is 10.5 Å². The van der Waals surface area contributed by atoms with Gasteiger partial charge < -0.3 is 10.5 Å². The van der Waals surface area contributed by atoms with Crippen molar-refractivity contribution in [1.29, 1.82) is 0 Å². The van der Waals surface area contributed by atoms with Crippen molar-refractivity contribution in [2.45, 2.75) is 6.42 Å². The molecule has 1 heterocycles. The van der Waals surface area contributed by atoms with Gasteiger partial charge in [0.2, 0.25) is 0 Å². The quantitative estimate of drug-likeness (QED) is 0.841. The Balaban J connectivity index is 2.02. The van der Waals surface area contributed by atoms with Crippen LogP contribution in [0.1, 0.15) is 11.1 Å². The van der Waals surface area contributed by atoms with Crippen LogP contribution in [-0.2, 0) is 6.42 Å². The molecule has 0 atom stereocenters. The van der Waals surface area contributed by atoms with Gasteiger partial charge in [-0.05, 0) is 40.6 Å². The fourth-order valence-electron chi connectivity index (χ4n) is 1.53. The van der Waals surface area contributed by atoms with E-state index in [1.54, 1.807) is 11.3 Å². The Morgan fingerprint density at radius 2 is 2.22 bits per heavy atom. The molecule has 2 aromatic rings. The first-order chi connectivity index (χ1) is 8.66. The number of hydrogen-bond donors (Lipinski definition) is 1. The van der Waals surface area contributed by atoms with Gasteiger partial charge in [0.1, 0.15) is 10.7 Å². The van der Waals surface area contributed by atoms with Crippen molar-refractivity contribution in [3.8, 4) is 5.75 Å². The van der Waals surface area contributed by atoms with Crippen molar-refractivity contribution >= 4 is 44.5 Å². The van der Waals surface area contributed by atoms with E-state index in [-0.39, 0.29) is 0 Å². The lowest BCUT2D eigenvalue weighted by Gasteiger charge is -2.10. The van der Waals surface area contributed by atoms with Crippen LogP contribution in [0.5, 0.6) is 5.75 Å². The molecule has 0 aliphatic carbocycles. The van der Waals surface area contributed by atoms with Crippen molar-refractivity contribution in [3.05, 3.63) is 50.6 Å². The maximum Gasteiger partial charge on any atom is 0.129 e. The molecule has 0 saturated carbocycles. The van der Waals surface area contributed by atoms with Gasteiger partial charge in [-0.1, -0.05) is 28.1 Å². The zero-order chi connectivity index (χ0) is 13.0. The van der Waals surface area contributed by atoms with Crippen LogP contribution in [0.25, 0.3) is 0 Å². The van der Waals surface area contributed by atoms with Gasteiger partial charge in [-0.3, -0.25) is 0 Å². The molecule has 2 nitrogen and oxygen atoms in total. The Hall–Kier alpha value is -0.910. The van der Waals surface area contributed by atoms with Crippen molar-refractivity contribution in [3.63, 3.8) is 0 Å². The molecule has 0 fully saturated rings. The van der Waals surface area contributed by atoms with Crippen LogP contribution in [0.15, 0.2) is 39.5 Å². The molecule has 0 aliphatic rings. The van der Waals surface area contributed by atoms with E-state index >= 15 is 0 Å². The third-order valence-electron chi connectivity index (χ3n) is 2.44. The van der Waals surface area contributed by atoms with Gasteiger partial charge in [-0.15, -0.1) is 0 Å². The molecular formula is C13H12BrNOS2. The van der Waals surface area contributed by atoms with E-state index in [2.05, 4.69) is 32.8 Å². The Bertz CT molecular complexity index is 540. The predicted molar refractivity (Wildman–Crippen MR) is 83.5 cm³/mol. The first kappa shape index (κ1) is 13.5. The first-order valence-electron chi connectivity index (χ1n) is 5.40. The number of ether oxygens (including phenoxy) is 1. The number of rotatable bonds is 5. The van der Waals surface area contributed by atoms with Crippen LogP contribution in [0.4, 0.5) is 0 Å². The maximum absolute atomic E-state index is 5.74. The van der Waals surface area contributed by atoms with E-state index in [4.69, 9.17) is 22.7 Å². The molecule has 2 N–H and O–H groups in total. The molecule has 0 saturated heterocycles. The predicted octanol–water partition coefficient (Wildman–Crippen LogP) is 3.77. The topological polar surface area (TPSA) is 35.2 Å². The van der Waals surface area contributed by atoms with Gasteiger partial charge >= 0.3 is 0 Å². The fourth-order valence-corrected chi connectivity index (χ4v) is 2.76. The summed E-state index contributed by atoms with van der Waals surface area (Å²) in [6.45, 7) is 0.619. The highest BCUT2D eigenvalue weighted by atomic mass is 79.9. The van der Waals surface area contributed by atoms with E-state index < -0.39 is 0 Å². The second kappa shape index (κ2) is 6.31. The van der Waals surface area contributed by atoms with Crippen LogP contribution in [0.3, 0.4) is 0 Å². The molecular weight excluding hydrogens is 330 g/mol. The molecule has 5 heteroatoms. The summed E-state index contributed by atoms with van der Waals surface area (Å²) in [5, 5.41) is 4.19. The third-order valence-corrected chi connectivity index (χ3v) is 3.88. The molecule has 0 aliphatic heterocycles. The lowest BCUT2D eigenvalue weighted by atomic mass is 10.2. The molecule has 18 heavy (non-hydrogen) atoms. The summed E-state index contributed by atoms with van der Waals surface area (Å²) in [5.41, 5.74) is 7.74. The van der Waals surface area contributed by atoms with Gasteiger partial charge in [0.15, 0.2) is 0 Å². The van der Waals surface area contributed by atoms with E-state index in [1.165, 1.54) is 5.56 Å². The molecule has 1 aromatic heterocycles. The summed E-state index contributed by atoms with van der Waals surface area (Å²) < 4.78 is 6.68. The average molecular weight is 342 g/mol. The molecule has 0 radical (unpaired) electrons. The highest BCUT2D eigenvalue weighted by Gasteiger charge is 2.07. The zero-order valence-corrected chi connectivity index (χ0v) is 12.8. The minimum atomic E-state index is 0.349. The molecule has 94 valence electrons. The van der Waals surface area contributed by atoms with Crippen molar-refractivity contribution in [1.82, 2.24) is 0 Å². The Kier molecular flexibility index (Phi) is 4.74. The summed E-state index contributed by atoms with van der Waals surface area (Å²) in [4.78, 5) is 0.349. The van der Waals surface area contributed by atoms with Gasteiger partial charge in [0, 0.05) is 10.9 Å². The summed E-state index contributed by atoms with van der Waals surface area (Å²) in [6, 6.07) is 7.78. The minimum Gasteiger partial charge on any atom is -0.493 e. The Morgan fingerprint density at radius 1 is 1.39 bits per heavy atom. The smallest absolute Gasteiger partial charge is 0.129 e. The summed E-state index contributed by atoms with van der Waals surface area (Å²) >= 11 is 10.1.